The minimum absolute atomic E-state index is 0.00403. The first-order chi connectivity index (χ1) is 11.5. The Balaban J connectivity index is 1.73. The lowest BCUT2D eigenvalue weighted by Crippen LogP contribution is -2.27. The molecule has 0 amide bonds. The molecule has 1 heterocycles. The number of anilines is 2. The summed E-state index contributed by atoms with van der Waals surface area (Å²) in [6.45, 7) is 1.36. The first-order valence-electron chi connectivity index (χ1n) is 8.18. The van der Waals surface area contributed by atoms with Crippen molar-refractivity contribution in [1.29, 1.82) is 0 Å². The van der Waals surface area contributed by atoms with Crippen molar-refractivity contribution in [3.05, 3.63) is 41.5 Å². The number of nitrogen functional groups attached to an aromatic ring is 1. The summed E-state index contributed by atoms with van der Waals surface area (Å²) in [5.41, 5.74) is 6.34. The van der Waals surface area contributed by atoms with Gasteiger partial charge in [-0.1, -0.05) is 24.6 Å². The minimum atomic E-state index is -1.31. The monoisotopic (exact) mass is 333 g/mol. The van der Waals surface area contributed by atoms with Crippen molar-refractivity contribution < 1.29 is 8.78 Å². The third kappa shape index (κ3) is 3.77. The highest BCUT2D eigenvalue weighted by Crippen LogP contribution is 2.31. The lowest BCUT2D eigenvalue weighted by Gasteiger charge is -2.21. The molecule has 1 aliphatic rings. The van der Waals surface area contributed by atoms with Crippen molar-refractivity contribution in [1.82, 2.24) is 15.0 Å². The molecule has 1 fully saturated rings. The maximum absolute atomic E-state index is 13.9. The molecule has 24 heavy (non-hydrogen) atoms. The van der Waals surface area contributed by atoms with Gasteiger partial charge in [0, 0.05) is 6.04 Å². The van der Waals surface area contributed by atoms with Gasteiger partial charge in [-0.2, -0.15) is 15.0 Å². The predicted octanol–water partition coefficient (Wildman–Crippen LogP) is 3.45. The Morgan fingerprint density at radius 3 is 2.79 bits per heavy atom. The number of benzene rings is 1. The fourth-order valence-corrected chi connectivity index (χ4v) is 3.24. The Bertz CT molecular complexity index is 707. The number of alkyl halides is 1. The predicted molar refractivity (Wildman–Crippen MR) is 88.6 cm³/mol. The van der Waals surface area contributed by atoms with E-state index in [4.69, 9.17) is 5.73 Å². The first-order valence-corrected chi connectivity index (χ1v) is 8.18. The second-order valence-electron chi connectivity index (χ2n) is 6.23. The van der Waals surface area contributed by atoms with Crippen LogP contribution in [0.2, 0.25) is 0 Å². The molecule has 3 unspecified atom stereocenters. The van der Waals surface area contributed by atoms with Crippen molar-refractivity contribution in [2.45, 2.75) is 44.8 Å². The largest absolute Gasteiger partial charge is 0.368 e. The van der Waals surface area contributed by atoms with Crippen molar-refractivity contribution in [2.24, 2.45) is 5.92 Å². The van der Waals surface area contributed by atoms with Gasteiger partial charge in [-0.15, -0.1) is 0 Å². The zero-order valence-corrected chi connectivity index (χ0v) is 13.5. The van der Waals surface area contributed by atoms with Crippen LogP contribution in [-0.4, -0.2) is 21.0 Å². The SMILES string of the molecule is CC(F)c1nc(N)nc(NC2CCCC2Cc2ccccc2F)n1. The average molecular weight is 333 g/mol. The normalized spacial score (nSPS) is 21.6. The summed E-state index contributed by atoms with van der Waals surface area (Å²) in [7, 11) is 0. The lowest BCUT2D eigenvalue weighted by atomic mass is 9.94. The van der Waals surface area contributed by atoms with Crippen LogP contribution < -0.4 is 11.1 Å². The van der Waals surface area contributed by atoms with Gasteiger partial charge in [0.15, 0.2) is 12.0 Å². The molecule has 2 aromatic rings. The Morgan fingerprint density at radius 1 is 1.25 bits per heavy atom. The van der Waals surface area contributed by atoms with Crippen LogP contribution in [0.15, 0.2) is 24.3 Å². The van der Waals surface area contributed by atoms with Gasteiger partial charge in [0.05, 0.1) is 0 Å². The molecule has 3 atom stereocenters. The Hall–Kier alpha value is -2.31. The van der Waals surface area contributed by atoms with Crippen LogP contribution in [0, 0.1) is 11.7 Å². The number of hydrogen-bond acceptors (Lipinski definition) is 5. The van der Waals surface area contributed by atoms with Gasteiger partial charge in [-0.25, -0.2) is 8.78 Å². The highest BCUT2D eigenvalue weighted by Gasteiger charge is 2.29. The standard InChI is InChI=1S/C17H21F2N5/c1-10(18)15-22-16(20)24-17(23-15)21-14-8-4-6-12(14)9-11-5-2-3-7-13(11)19/h2-3,5,7,10,12,14H,4,6,8-9H2,1H3,(H3,20,21,22,23,24). The van der Waals surface area contributed by atoms with E-state index in [-0.39, 0.29) is 35.5 Å². The number of hydrogen-bond donors (Lipinski definition) is 2. The molecule has 5 nitrogen and oxygen atoms in total. The summed E-state index contributed by atoms with van der Waals surface area (Å²) in [4.78, 5) is 11.9. The zero-order chi connectivity index (χ0) is 17.1. The van der Waals surface area contributed by atoms with Crippen LogP contribution in [0.25, 0.3) is 0 Å². The number of nitrogens with two attached hydrogens (primary N) is 1. The molecule has 7 heteroatoms. The highest BCUT2D eigenvalue weighted by atomic mass is 19.1. The van der Waals surface area contributed by atoms with E-state index < -0.39 is 6.17 Å². The van der Waals surface area contributed by atoms with Crippen molar-refractivity contribution in [2.75, 3.05) is 11.1 Å². The van der Waals surface area contributed by atoms with Crippen molar-refractivity contribution in [3.63, 3.8) is 0 Å². The molecular weight excluding hydrogens is 312 g/mol. The Labute approximate surface area is 139 Å². The van der Waals surface area contributed by atoms with Crippen LogP contribution in [0.3, 0.4) is 0 Å². The van der Waals surface area contributed by atoms with E-state index in [1.165, 1.54) is 13.0 Å². The molecular formula is C17H21F2N5. The summed E-state index contributed by atoms with van der Waals surface area (Å²) >= 11 is 0. The van der Waals surface area contributed by atoms with E-state index >= 15 is 0 Å². The van der Waals surface area contributed by atoms with Crippen molar-refractivity contribution >= 4 is 11.9 Å². The second-order valence-corrected chi connectivity index (χ2v) is 6.23. The zero-order valence-electron chi connectivity index (χ0n) is 13.5. The van der Waals surface area contributed by atoms with Gasteiger partial charge in [0.2, 0.25) is 11.9 Å². The molecule has 1 saturated carbocycles. The van der Waals surface area contributed by atoms with Gasteiger partial charge in [0.25, 0.3) is 0 Å². The van der Waals surface area contributed by atoms with E-state index in [2.05, 4.69) is 20.3 Å². The summed E-state index contributed by atoms with van der Waals surface area (Å²) in [6, 6.07) is 6.94. The van der Waals surface area contributed by atoms with E-state index in [0.717, 1.165) is 19.3 Å². The quantitative estimate of drug-likeness (QED) is 0.876. The molecule has 0 aliphatic heterocycles. The van der Waals surface area contributed by atoms with E-state index in [1.807, 2.05) is 12.1 Å². The van der Waals surface area contributed by atoms with Gasteiger partial charge >= 0.3 is 0 Å². The molecule has 1 aromatic heterocycles. The fraction of sp³-hybridized carbons (Fsp3) is 0.471. The number of nitrogens with zero attached hydrogens (tertiary/aromatic N) is 3. The summed E-state index contributed by atoms with van der Waals surface area (Å²) in [5.74, 6) is 0.393. The maximum Gasteiger partial charge on any atom is 0.228 e. The Kier molecular flexibility index (Phi) is 4.87. The van der Waals surface area contributed by atoms with E-state index in [0.29, 0.717) is 12.0 Å². The van der Waals surface area contributed by atoms with E-state index in [1.54, 1.807) is 6.07 Å². The second kappa shape index (κ2) is 7.07. The molecule has 0 saturated heterocycles. The van der Waals surface area contributed by atoms with Gasteiger partial charge < -0.3 is 11.1 Å². The molecule has 3 rings (SSSR count). The summed E-state index contributed by atoms with van der Waals surface area (Å²) in [5, 5.41) is 3.24. The first kappa shape index (κ1) is 16.5. The molecule has 0 spiro atoms. The van der Waals surface area contributed by atoms with Gasteiger partial charge in [-0.3, -0.25) is 0 Å². The smallest absolute Gasteiger partial charge is 0.228 e. The molecule has 1 aliphatic carbocycles. The number of halogens is 2. The molecule has 0 radical (unpaired) electrons. The van der Waals surface area contributed by atoms with Crippen LogP contribution in [-0.2, 0) is 6.42 Å². The van der Waals surface area contributed by atoms with E-state index in [9.17, 15) is 8.78 Å². The van der Waals surface area contributed by atoms with Gasteiger partial charge in [-0.05, 0) is 43.7 Å². The Morgan fingerprint density at radius 2 is 2.04 bits per heavy atom. The van der Waals surface area contributed by atoms with Gasteiger partial charge in [0.1, 0.15) is 5.82 Å². The third-order valence-electron chi connectivity index (χ3n) is 4.44. The fourth-order valence-electron chi connectivity index (χ4n) is 3.24. The minimum Gasteiger partial charge on any atom is -0.368 e. The lowest BCUT2D eigenvalue weighted by molar-refractivity contribution is 0.356. The number of nitrogens with one attached hydrogen (secondary N) is 1. The highest BCUT2D eigenvalue weighted by molar-refractivity contribution is 5.33. The average Bonchev–Trinajstić information content (AvgIpc) is 2.96. The summed E-state index contributed by atoms with van der Waals surface area (Å²) in [6.07, 6.45) is 2.32. The van der Waals surface area contributed by atoms with Crippen LogP contribution in [0.1, 0.15) is 43.7 Å². The van der Waals surface area contributed by atoms with Crippen LogP contribution >= 0.6 is 0 Å². The summed E-state index contributed by atoms with van der Waals surface area (Å²) < 4.78 is 27.3. The topological polar surface area (TPSA) is 76.7 Å². The van der Waals surface area contributed by atoms with Crippen LogP contribution in [0.4, 0.5) is 20.7 Å². The van der Waals surface area contributed by atoms with Crippen molar-refractivity contribution in [3.8, 4) is 0 Å². The maximum atomic E-state index is 13.9. The van der Waals surface area contributed by atoms with Crippen LogP contribution in [0.5, 0.6) is 0 Å². The molecule has 1 aromatic carbocycles. The number of rotatable bonds is 5. The third-order valence-corrected chi connectivity index (χ3v) is 4.44. The molecule has 3 N–H and O–H groups in total. The molecule has 128 valence electrons. The number of aromatic nitrogens is 3. The molecule has 0 bridgehead atoms.